The summed E-state index contributed by atoms with van der Waals surface area (Å²) in [4.78, 5) is 3.91. The Hall–Kier alpha value is -12.2. The normalized spacial score (nSPS) is 15.7. The molecule has 0 bridgehead atoms. The Labute approximate surface area is 634 Å². The molecule has 0 atom stereocenters. The van der Waals surface area contributed by atoms with E-state index in [1.807, 2.05) is 164 Å². The second kappa shape index (κ2) is 24.0. The first-order valence-electron chi connectivity index (χ1n) is 45.0. The smallest absolute Gasteiger partial charge is 0.252 e. The summed E-state index contributed by atoms with van der Waals surface area (Å²) in [6.07, 6.45) is 0. The van der Waals surface area contributed by atoms with Crippen LogP contribution in [0.1, 0.15) is 113 Å². The molecule has 0 amide bonds. The summed E-state index contributed by atoms with van der Waals surface area (Å²) in [6.45, 7) is 17.1. The van der Waals surface area contributed by atoms with Crippen molar-refractivity contribution in [1.82, 2.24) is 9.13 Å². The van der Waals surface area contributed by atoms with Gasteiger partial charge in [0.25, 0.3) is 6.71 Å². The van der Waals surface area contributed by atoms with Crippen LogP contribution in [0.5, 0.6) is 0 Å². The lowest BCUT2D eigenvalue weighted by Crippen LogP contribution is -2.62. The van der Waals surface area contributed by atoms with E-state index >= 15 is 0 Å². The van der Waals surface area contributed by atoms with E-state index in [9.17, 15) is 31.3 Å². The van der Waals surface area contributed by atoms with Gasteiger partial charge in [-0.15, -0.1) is 0 Å². The second-order valence-corrected chi connectivity index (χ2v) is 29.6. The number of anilines is 6. The number of benzene rings is 14. The maximum Gasteiger partial charge on any atom is 0.252 e. The van der Waals surface area contributed by atoms with Crippen molar-refractivity contribution >= 4 is 101 Å². The Morgan fingerprint density at radius 3 is 1.05 bits per heavy atom. The predicted molar refractivity (Wildman–Crippen MR) is 437 cm³/mol. The summed E-state index contributed by atoms with van der Waals surface area (Å²) in [5.41, 5.74) is 4.91. The Morgan fingerprint density at radius 2 is 0.670 bits per heavy atom. The van der Waals surface area contributed by atoms with E-state index < -0.39 is 183 Å². The minimum Gasteiger partial charge on any atom is -0.310 e. The Balaban J connectivity index is 1.17. The molecule has 4 heterocycles. The number of fused-ring (bicyclic) bond motifs is 10. The molecule has 0 fully saturated rings. The largest absolute Gasteiger partial charge is 0.310 e. The Kier molecular flexibility index (Phi) is 10.3. The van der Waals surface area contributed by atoms with Crippen molar-refractivity contribution < 1.29 is 28.8 Å². The fraction of sp³-hybridized carbons (Fsp3) is 0.124. The first-order valence-corrected chi connectivity index (χ1v) is 34.5. The zero-order valence-electron chi connectivity index (χ0n) is 79.1. The predicted octanol–water partition coefficient (Wildman–Crippen LogP) is 24.1. The summed E-state index contributed by atoms with van der Waals surface area (Å²) in [5.74, 6) is 0. The molecule has 14 aromatic carbocycles. The van der Waals surface area contributed by atoms with Crippen LogP contribution in [0.15, 0.2) is 309 Å². The molecule has 0 radical (unpaired) electrons. The summed E-state index contributed by atoms with van der Waals surface area (Å²) in [5, 5.41) is 9.43. The molecule has 0 unspecified atom stereocenters. The first kappa shape index (κ1) is 44.2. The van der Waals surface area contributed by atoms with Gasteiger partial charge >= 0.3 is 0 Å². The van der Waals surface area contributed by atoms with Crippen molar-refractivity contribution in [2.24, 2.45) is 0 Å². The molecule has 0 aliphatic carbocycles. The van der Waals surface area contributed by atoms with Crippen LogP contribution < -0.4 is 26.2 Å². The van der Waals surface area contributed by atoms with Crippen LogP contribution in [-0.2, 0) is 16.2 Å². The van der Waals surface area contributed by atoms with Crippen LogP contribution in [-0.4, -0.2) is 15.8 Å². The summed E-state index contributed by atoms with van der Waals surface area (Å²) < 4.78 is 214. The molecule has 16 aromatic rings. The zero-order valence-corrected chi connectivity index (χ0v) is 58.1. The molecule has 2 aliphatic heterocycles. The van der Waals surface area contributed by atoms with Gasteiger partial charge < -0.3 is 18.9 Å². The molecule has 0 saturated carbocycles. The average Bonchev–Trinajstić information content (AvgIpc) is 0.895. The SMILES string of the molecule is [2H]c1c([2H])c(-n2c3c([2H])c([2H])c([2H])c([2H])c3c3c([2H])c([2H])c([2H])c([2H])c32)c([2H])c2c1B1c3c(cc(C(C)(C)C)cc3N(c3c(-c4ccccc4)cc(C(C)(C)C)cc3-c3ccccc3)c3c([2H])c(-n4c5c([2H])c([2H])c([2H])c([2H])c5c5c([2H])c([2H])c([2H])c([2H])c54)c([2H])c(-c4ccc(C#N)cc4)c31)N2c1c(-c2ccccc2)cc(C(C)(C)C)cc1-c1ccccc1. The van der Waals surface area contributed by atoms with Crippen LogP contribution in [0.4, 0.5) is 34.1 Å². The van der Waals surface area contributed by atoms with Crippen molar-refractivity contribution in [2.45, 2.75) is 78.6 Å². The van der Waals surface area contributed by atoms with Crippen molar-refractivity contribution in [3.8, 4) is 73.1 Å². The van der Waals surface area contributed by atoms with Gasteiger partial charge in [-0.05, 0) is 180 Å². The third-order valence-electron chi connectivity index (χ3n) is 20.2. The molecule has 6 heteroatoms. The minimum atomic E-state index is -1.59. The van der Waals surface area contributed by atoms with E-state index in [0.29, 0.717) is 78.3 Å². The van der Waals surface area contributed by atoms with E-state index in [1.54, 1.807) is 24.3 Å². The Bertz CT molecular complexity index is 7140. The number of nitrogens with zero attached hydrogens (tertiary/aromatic N) is 5. The molecule has 494 valence electrons. The van der Waals surface area contributed by atoms with Gasteiger partial charge in [0.2, 0.25) is 0 Å². The topological polar surface area (TPSA) is 40.1 Å². The summed E-state index contributed by atoms with van der Waals surface area (Å²) >= 11 is 0. The maximum atomic E-state index is 12.0. The number of hydrogen-bond donors (Lipinski definition) is 0. The molecular formula is C97H78BN5. The van der Waals surface area contributed by atoms with Gasteiger partial charge in [-0.2, -0.15) is 5.26 Å². The quantitative estimate of drug-likeness (QED) is 0.135. The van der Waals surface area contributed by atoms with E-state index in [0.717, 1.165) is 15.7 Å². The van der Waals surface area contributed by atoms with Gasteiger partial charge in [-0.3, -0.25) is 0 Å². The third kappa shape index (κ3) is 10.3. The lowest BCUT2D eigenvalue weighted by molar-refractivity contribution is 0.590. The van der Waals surface area contributed by atoms with Crippen molar-refractivity contribution in [2.75, 3.05) is 9.80 Å². The maximum absolute atomic E-state index is 12.0. The van der Waals surface area contributed by atoms with Gasteiger partial charge in [0.1, 0.15) is 0 Å². The minimum absolute atomic E-state index is 0.0534. The highest BCUT2D eigenvalue weighted by atomic mass is 15.2. The highest BCUT2D eigenvalue weighted by Gasteiger charge is 2.48. The number of nitriles is 1. The fourth-order valence-corrected chi connectivity index (χ4v) is 15.0. The lowest BCUT2D eigenvalue weighted by atomic mass is 9.32. The molecule has 0 spiro atoms. The van der Waals surface area contributed by atoms with Gasteiger partial charge in [0.15, 0.2) is 0 Å². The van der Waals surface area contributed by atoms with Gasteiger partial charge in [0.05, 0.1) is 73.9 Å². The molecule has 0 saturated heterocycles. The molecule has 18 rings (SSSR count). The zero-order chi connectivity index (χ0) is 88.5. The van der Waals surface area contributed by atoms with Gasteiger partial charge in [0, 0.05) is 77.9 Å². The van der Waals surface area contributed by atoms with Crippen LogP contribution >= 0.6 is 0 Å². The van der Waals surface area contributed by atoms with E-state index in [1.165, 1.54) is 4.57 Å². The van der Waals surface area contributed by atoms with Gasteiger partial charge in [-0.1, -0.05) is 274 Å². The van der Waals surface area contributed by atoms with Crippen LogP contribution in [0.3, 0.4) is 0 Å². The van der Waals surface area contributed by atoms with Crippen LogP contribution in [0, 0.1) is 11.3 Å². The average molecular weight is 1350 g/mol. The number of para-hydroxylation sites is 4. The first-order chi connectivity index (χ1) is 58.7. The Morgan fingerprint density at radius 1 is 0.330 bits per heavy atom. The van der Waals surface area contributed by atoms with E-state index in [4.69, 9.17) is 2.74 Å². The standard InChI is InChI=1S/C97H78BN5/c1-95(2,3)68-52-78(63-30-14-10-15-31-63)93(79(53-68)64-32-16-11-17-33-64)102-87-59-71(100-83-42-26-22-38-73(83)74-39-23-27-43-84(74)100)50-51-82(87)98-91-77(67-48-46-62(61-99)47-49-67)58-72(101-85-44-28-24-40-75(85)76-41-25-29-45-86(76)101)60-90(91)103(89-57-70(97(7,8)9)56-88(102)92(89)98)94-80(65-34-18-12-19-35-65)54-69(96(4,5)6)55-81(94)66-36-20-13-21-37-66/h10-60H,1-9H3/i22D,23D,24D,25D,26D,27D,28D,29D,38D,39D,40D,41D,42D,43D,44D,45D,50D,51D,58D,59D,60D. The molecule has 5 nitrogen and oxygen atoms in total. The monoisotopic (exact) mass is 1340 g/mol. The molecule has 103 heavy (non-hydrogen) atoms. The van der Waals surface area contributed by atoms with Crippen molar-refractivity contribution in [3.05, 3.63) is 331 Å². The number of rotatable bonds is 9. The van der Waals surface area contributed by atoms with Crippen LogP contribution in [0.25, 0.3) is 111 Å². The fourth-order valence-electron chi connectivity index (χ4n) is 15.0. The molecule has 0 N–H and O–H groups in total. The van der Waals surface area contributed by atoms with Crippen LogP contribution in [0.2, 0.25) is 0 Å². The molecule has 2 aliphatic rings. The molecular weight excluding hydrogens is 1250 g/mol. The van der Waals surface area contributed by atoms with Crippen molar-refractivity contribution in [1.29, 1.82) is 5.26 Å². The van der Waals surface area contributed by atoms with Gasteiger partial charge in [-0.25, -0.2) is 0 Å². The third-order valence-corrected chi connectivity index (χ3v) is 20.2. The summed E-state index contributed by atoms with van der Waals surface area (Å²) in [6, 6.07) is 45.0. The summed E-state index contributed by atoms with van der Waals surface area (Å²) in [7, 11) is 0. The van der Waals surface area contributed by atoms with E-state index in [2.05, 4.69) is 71.9 Å². The van der Waals surface area contributed by atoms with E-state index in [-0.39, 0.29) is 60.5 Å². The highest BCUT2D eigenvalue weighted by Crippen LogP contribution is 2.56. The lowest BCUT2D eigenvalue weighted by Gasteiger charge is -2.47. The molecule has 2 aromatic heterocycles. The second-order valence-electron chi connectivity index (χ2n) is 29.6. The van der Waals surface area contributed by atoms with Crippen molar-refractivity contribution in [3.63, 3.8) is 0 Å². The highest BCUT2D eigenvalue weighted by molar-refractivity contribution is 7.01. The number of aromatic nitrogens is 2. The number of hydrogen-bond acceptors (Lipinski definition) is 3.